The number of nitrogens with one attached hydrogen (secondary N) is 1. The maximum atomic E-state index is 5.53. The molecule has 19 heavy (non-hydrogen) atoms. The SMILES string of the molecule is CCNCC(c1ccc(OCC)cc1)C1CCCC1. The summed E-state index contributed by atoms with van der Waals surface area (Å²) in [5, 5.41) is 3.53. The molecule has 1 N–H and O–H groups in total. The Hall–Kier alpha value is -1.02. The van der Waals surface area contributed by atoms with E-state index in [0.29, 0.717) is 5.92 Å². The summed E-state index contributed by atoms with van der Waals surface area (Å²) in [7, 11) is 0. The van der Waals surface area contributed by atoms with Gasteiger partial charge in [-0.3, -0.25) is 0 Å². The number of likely N-dealkylation sites (N-methyl/N-ethyl adjacent to an activating group) is 1. The molecule has 0 bridgehead atoms. The lowest BCUT2D eigenvalue weighted by Crippen LogP contribution is -2.25. The van der Waals surface area contributed by atoms with Crippen molar-refractivity contribution >= 4 is 0 Å². The van der Waals surface area contributed by atoms with E-state index in [2.05, 4.69) is 36.5 Å². The van der Waals surface area contributed by atoms with Crippen molar-refractivity contribution in [1.82, 2.24) is 5.32 Å². The molecule has 1 aromatic rings. The summed E-state index contributed by atoms with van der Waals surface area (Å²) in [6, 6.07) is 8.75. The van der Waals surface area contributed by atoms with E-state index in [1.165, 1.54) is 31.2 Å². The van der Waals surface area contributed by atoms with E-state index >= 15 is 0 Å². The quantitative estimate of drug-likeness (QED) is 0.802. The first-order chi connectivity index (χ1) is 9.35. The third kappa shape index (κ3) is 3.97. The van der Waals surface area contributed by atoms with Gasteiger partial charge in [-0.1, -0.05) is 31.9 Å². The van der Waals surface area contributed by atoms with Crippen LogP contribution in [0.15, 0.2) is 24.3 Å². The molecule has 2 rings (SSSR count). The number of rotatable bonds is 7. The van der Waals surface area contributed by atoms with Crippen LogP contribution in [0.1, 0.15) is 51.0 Å². The average molecular weight is 261 g/mol. The van der Waals surface area contributed by atoms with Crippen molar-refractivity contribution in [2.24, 2.45) is 5.92 Å². The van der Waals surface area contributed by atoms with E-state index in [0.717, 1.165) is 31.4 Å². The van der Waals surface area contributed by atoms with Gasteiger partial charge in [0.05, 0.1) is 6.61 Å². The van der Waals surface area contributed by atoms with Gasteiger partial charge in [0.1, 0.15) is 5.75 Å². The zero-order valence-corrected chi connectivity index (χ0v) is 12.3. The van der Waals surface area contributed by atoms with Gasteiger partial charge in [-0.05, 0) is 55.8 Å². The Bertz CT molecular complexity index is 354. The van der Waals surface area contributed by atoms with Crippen molar-refractivity contribution in [3.05, 3.63) is 29.8 Å². The minimum Gasteiger partial charge on any atom is -0.494 e. The number of benzene rings is 1. The summed E-state index contributed by atoms with van der Waals surface area (Å²) in [4.78, 5) is 0. The van der Waals surface area contributed by atoms with E-state index in [9.17, 15) is 0 Å². The molecule has 0 aromatic heterocycles. The molecule has 1 aliphatic carbocycles. The second kappa shape index (κ2) is 7.54. The second-order valence-electron chi connectivity index (χ2n) is 5.46. The first-order valence-electron chi connectivity index (χ1n) is 7.78. The molecule has 2 heteroatoms. The monoisotopic (exact) mass is 261 g/mol. The lowest BCUT2D eigenvalue weighted by Gasteiger charge is -2.24. The first-order valence-corrected chi connectivity index (χ1v) is 7.78. The maximum absolute atomic E-state index is 5.53. The molecular weight excluding hydrogens is 234 g/mol. The second-order valence-corrected chi connectivity index (χ2v) is 5.46. The van der Waals surface area contributed by atoms with Crippen molar-refractivity contribution < 1.29 is 4.74 Å². The number of hydrogen-bond acceptors (Lipinski definition) is 2. The van der Waals surface area contributed by atoms with Crippen LogP contribution in [0, 0.1) is 5.92 Å². The van der Waals surface area contributed by atoms with Crippen LogP contribution < -0.4 is 10.1 Å². The number of ether oxygens (including phenoxy) is 1. The summed E-state index contributed by atoms with van der Waals surface area (Å²) in [5.41, 5.74) is 1.47. The van der Waals surface area contributed by atoms with Crippen LogP contribution >= 0.6 is 0 Å². The molecule has 2 nitrogen and oxygen atoms in total. The maximum Gasteiger partial charge on any atom is 0.119 e. The summed E-state index contributed by atoms with van der Waals surface area (Å²) < 4.78 is 5.53. The van der Waals surface area contributed by atoms with Gasteiger partial charge >= 0.3 is 0 Å². The zero-order valence-electron chi connectivity index (χ0n) is 12.3. The minimum atomic E-state index is 0.665. The molecule has 1 fully saturated rings. The predicted molar refractivity (Wildman–Crippen MR) is 80.9 cm³/mol. The minimum absolute atomic E-state index is 0.665. The van der Waals surface area contributed by atoms with Gasteiger partial charge in [-0.25, -0.2) is 0 Å². The standard InChI is InChI=1S/C17H27NO/c1-3-18-13-17(14-7-5-6-8-14)15-9-11-16(12-10-15)19-4-2/h9-12,14,17-18H,3-8,13H2,1-2H3. The molecule has 1 saturated carbocycles. The lowest BCUT2D eigenvalue weighted by molar-refractivity contribution is 0.339. The van der Waals surface area contributed by atoms with Gasteiger partial charge in [-0.15, -0.1) is 0 Å². The Kier molecular flexibility index (Phi) is 5.71. The molecule has 1 aliphatic rings. The highest BCUT2D eigenvalue weighted by Gasteiger charge is 2.25. The van der Waals surface area contributed by atoms with Gasteiger partial charge < -0.3 is 10.1 Å². The van der Waals surface area contributed by atoms with Gasteiger partial charge in [0.15, 0.2) is 0 Å². The fourth-order valence-corrected chi connectivity index (χ4v) is 3.19. The van der Waals surface area contributed by atoms with Crippen LogP contribution in [-0.4, -0.2) is 19.7 Å². The Morgan fingerprint density at radius 1 is 1.16 bits per heavy atom. The Morgan fingerprint density at radius 3 is 2.42 bits per heavy atom. The van der Waals surface area contributed by atoms with Gasteiger partial charge in [0.2, 0.25) is 0 Å². The molecule has 1 aromatic carbocycles. The summed E-state index contributed by atoms with van der Waals surface area (Å²) in [6.07, 6.45) is 5.60. The van der Waals surface area contributed by atoms with Crippen molar-refractivity contribution in [1.29, 1.82) is 0 Å². The Morgan fingerprint density at radius 2 is 1.84 bits per heavy atom. The van der Waals surface area contributed by atoms with Crippen LogP contribution in [0.4, 0.5) is 0 Å². The fraction of sp³-hybridized carbons (Fsp3) is 0.647. The first kappa shape index (κ1) is 14.4. The van der Waals surface area contributed by atoms with E-state index in [1.54, 1.807) is 0 Å². The highest BCUT2D eigenvalue weighted by atomic mass is 16.5. The third-order valence-electron chi connectivity index (χ3n) is 4.20. The van der Waals surface area contributed by atoms with E-state index < -0.39 is 0 Å². The molecule has 0 amide bonds. The Labute approximate surface area is 117 Å². The van der Waals surface area contributed by atoms with Crippen LogP contribution in [0.5, 0.6) is 5.75 Å². The van der Waals surface area contributed by atoms with Crippen LogP contribution in [-0.2, 0) is 0 Å². The normalized spacial score (nSPS) is 17.6. The van der Waals surface area contributed by atoms with Gasteiger partial charge in [0, 0.05) is 6.54 Å². The predicted octanol–water partition coefficient (Wildman–Crippen LogP) is 3.97. The molecule has 1 unspecified atom stereocenters. The molecule has 0 spiro atoms. The van der Waals surface area contributed by atoms with Crippen molar-refractivity contribution in [2.45, 2.75) is 45.4 Å². The van der Waals surface area contributed by atoms with Crippen LogP contribution in [0.3, 0.4) is 0 Å². The van der Waals surface area contributed by atoms with Crippen molar-refractivity contribution in [3.8, 4) is 5.75 Å². The van der Waals surface area contributed by atoms with Crippen LogP contribution in [0.2, 0.25) is 0 Å². The highest BCUT2D eigenvalue weighted by molar-refractivity contribution is 5.30. The topological polar surface area (TPSA) is 21.3 Å². The van der Waals surface area contributed by atoms with E-state index in [1.807, 2.05) is 6.92 Å². The van der Waals surface area contributed by atoms with Crippen molar-refractivity contribution in [2.75, 3.05) is 19.7 Å². The van der Waals surface area contributed by atoms with E-state index in [4.69, 9.17) is 4.74 Å². The molecular formula is C17H27NO. The third-order valence-corrected chi connectivity index (χ3v) is 4.20. The summed E-state index contributed by atoms with van der Waals surface area (Å²) in [5.74, 6) is 2.51. The lowest BCUT2D eigenvalue weighted by atomic mass is 9.84. The molecule has 106 valence electrons. The molecule has 0 heterocycles. The van der Waals surface area contributed by atoms with Crippen LogP contribution in [0.25, 0.3) is 0 Å². The fourth-order valence-electron chi connectivity index (χ4n) is 3.19. The summed E-state index contributed by atoms with van der Waals surface area (Å²) >= 11 is 0. The van der Waals surface area contributed by atoms with E-state index in [-0.39, 0.29) is 0 Å². The van der Waals surface area contributed by atoms with Gasteiger partial charge in [-0.2, -0.15) is 0 Å². The van der Waals surface area contributed by atoms with Crippen molar-refractivity contribution in [3.63, 3.8) is 0 Å². The largest absolute Gasteiger partial charge is 0.494 e. The van der Waals surface area contributed by atoms with Gasteiger partial charge in [0.25, 0.3) is 0 Å². The smallest absolute Gasteiger partial charge is 0.119 e. The summed E-state index contributed by atoms with van der Waals surface area (Å²) in [6.45, 7) is 7.11. The molecule has 0 aliphatic heterocycles. The number of hydrogen-bond donors (Lipinski definition) is 1. The zero-order chi connectivity index (χ0) is 13.5. The molecule has 1 atom stereocenters. The highest BCUT2D eigenvalue weighted by Crippen LogP contribution is 2.37. The molecule has 0 radical (unpaired) electrons. The average Bonchev–Trinajstić information content (AvgIpc) is 2.95. The molecule has 0 saturated heterocycles. The Balaban J connectivity index is 2.07.